The maximum absolute atomic E-state index is 12.3. The van der Waals surface area contributed by atoms with Crippen molar-refractivity contribution in [1.29, 1.82) is 0 Å². The van der Waals surface area contributed by atoms with Gasteiger partial charge >= 0.3 is 0 Å². The Morgan fingerprint density at radius 2 is 2.05 bits per heavy atom. The van der Waals surface area contributed by atoms with Crippen LogP contribution in [0.3, 0.4) is 0 Å². The molecule has 1 aromatic rings. The molecule has 114 valence electrons. The summed E-state index contributed by atoms with van der Waals surface area (Å²) >= 11 is 0. The van der Waals surface area contributed by atoms with Gasteiger partial charge in [0.25, 0.3) is 0 Å². The molecule has 1 amide bonds. The fourth-order valence-electron chi connectivity index (χ4n) is 2.27. The van der Waals surface area contributed by atoms with Crippen LogP contribution in [0, 0.1) is 17.8 Å². The van der Waals surface area contributed by atoms with Gasteiger partial charge in [-0.25, -0.2) is 0 Å². The van der Waals surface area contributed by atoms with E-state index in [1.807, 2.05) is 31.3 Å². The maximum Gasteiger partial charge on any atom is 0.225 e. The van der Waals surface area contributed by atoms with Crippen LogP contribution in [0.25, 0.3) is 0 Å². The molecule has 0 spiro atoms. The van der Waals surface area contributed by atoms with E-state index in [1.165, 1.54) is 0 Å². The van der Waals surface area contributed by atoms with Crippen molar-refractivity contribution in [3.8, 4) is 11.8 Å². The first-order chi connectivity index (χ1) is 10.1. The third-order valence-corrected chi connectivity index (χ3v) is 3.53. The van der Waals surface area contributed by atoms with Gasteiger partial charge in [-0.05, 0) is 30.5 Å². The van der Waals surface area contributed by atoms with Gasteiger partial charge in [-0.15, -0.1) is 0 Å². The number of amides is 1. The topological polar surface area (TPSA) is 40.5 Å². The van der Waals surface area contributed by atoms with E-state index in [0.29, 0.717) is 13.0 Å². The Labute approximate surface area is 128 Å². The van der Waals surface area contributed by atoms with Gasteiger partial charge in [0.05, 0.1) is 6.61 Å². The van der Waals surface area contributed by atoms with Crippen LogP contribution in [0.4, 0.5) is 0 Å². The monoisotopic (exact) mass is 287 g/mol. The zero-order valence-corrected chi connectivity index (χ0v) is 13.2. The molecular formula is C18H25NO2. The van der Waals surface area contributed by atoms with Crippen molar-refractivity contribution in [1.82, 2.24) is 4.90 Å². The summed E-state index contributed by atoms with van der Waals surface area (Å²) in [5, 5.41) is 8.73. The molecule has 3 heteroatoms. The van der Waals surface area contributed by atoms with Gasteiger partial charge in [-0.1, -0.05) is 37.8 Å². The molecule has 21 heavy (non-hydrogen) atoms. The summed E-state index contributed by atoms with van der Waals surface area (Å²) in [5.41, 5.74) is 2.00. The number of aliphatic hydroxyl groups is 1. The number of carbonyl (C=O) groups excluding carboxylic acids is 1. The van der Waals surface area contributed by atoms with Crippen LogP contribution >= 0.6 is 0 Å². The molecule has 0 aromatic heterocycles. The third kappa shape index (κ3) is 5.61. The third-order valence-electron chi connectivity index (χ3n) is 3.53. The maximum atomic E-state index is 12.3. The summed E-state index contributed by atoms with van der Waals surface area (Å²) in [6.45, 7) is 4.79. The number of nitrogens with zero attached hydrogens (tertiary/aromatic N) is 1. The van der Waals surface area contributed by atoms with E-state index in [1.54, 1.807) is 4.90 Å². The quantitative estimate of drug-likeness (QED) is 0.817. The molecule has 1 aromatic carbocycles. The highest BCUT2D eigenvalue weighted by atomic mass is 16.2. The molecule has 0 aliphatic carbocycles. The van der Waals surface area contributed by atoms with Crippen molar-refractivity contribution < 1.29 is 9.90 Å². The summed E-state index contributed by atoms with van der Waals surface area (Å²) in [4.78, 5) is 14.1. The van der Waals surface area contributed by atoms with Crippen molar-refractivity contribution in [3.63, 3.8) is 0 Å². The first-order valence-electron chi connectivity index (χ1n) is 7.56. The van der Waals surface area contributed by atoms with Crippen molar-refractivity contribution in [2.45, 2.75) is 39.7 Å². The standard InChI is InChI=1S/C18H25NO2/c1-4-17(5-2)18(21)19(3)14-16-11-8-10-15(13-16)9-6-7-12-20/h8,10-11,13,17,20H,4-5,7,12,14H2,1-3H3. The minimum Gasteiger partial charge on any atom is -0.395 e. The van der Waals surface area contributed by atoms with Crippen molar-refractivity contribution in [3.05, 3.63) is 35.4 Å². The van der Waals surface area contributed by atoms with Crippen LogP contribution in [-0.4, -0.2) is 29.6 Å². The minimum absolute atomic E-state index is 0.0827. The first-order valence-corrected chi connectivity index (χ1v) is 7.56. The van der Waals surface area contributed by atoms with E-state index < -0.39 is 0 Å². The fraction of sp³-hybridized carbons (Fsp3) is 0.500. The highest BCUT2D eigenvalue weighted by Crippen LogP contribution is 2.14. The summed E-state index contributed by atoms with van der Waals surface area (Å²) in [6.07, 6.45) is 2.25. The lowest BCUT2D eigenvalue weighted by molar-refractivity contribution is -0.134. The van der Waals surface area contributed by atoms with Gasteiger partial charge in [-0.3, -0.25) is 4.79 Å². The van der Waals surface area contributed by atoms with Crippen LogP contribution in [0.5, 0.6) is 0 Å². The lowest BCUT2D eigenvalue weighted by atomic mass is 10.0. The number of benzene rings is 1. The molecule has 1 rings (SSSR count). The van der Waals surface area contributed by atoms with Crippen LogP contribution in [-0.2, 0) is 11.3 Å². The summed E-state index contributed by atoms with van der Waals surface area (Å²) < 4.78 is 0. The Hall–Kier alpha value is -1.79. The molecule has 0 atom stereocenters. The summed E-state index contributed by atoms with van der Waals surface area (Å²) in [7, 11) is 1.85. The second-order valence-electron chi connectivity index (χ2n) is 5.18. The smallest absolute Gasteiger partial charge is 0.225 e. The molecule has 0 saturated carbocycles. The molecule has 0 saturated heterocycles. The van der Waals surface area contributed by atoms with Gasteiger partial charge in [0.2, 0.25) is 5.91 Å². The molecule has 1 N–H and O–H groups in total. The van der Waals surface area contributed by atoms with Gasteiger partial charge < -0.3 is 10.0 Å². The van der Waals surface area contributed by atoms with Gasteiger partial charge in [0, 0.05) is 31.5 Å². The molecule has 0 aliphatic heterocycles. The lowest BCUT2D eigenvalue weighted by Gasteiger charge is -2.22. The normalized spacial score (nSPS) is 10.1. The van der Waals surface area contributed by atoms with E-state index in [9.17, 15) is 4.79 Å². The number of aliphatic hydroxyl groups excluding tert-OH is 1. The molecule has 0 heterocycles. The van der Waals surface area contributed by atoms with Crippen LogP contribution < -0.4 is 0 Å². The van der Waals surface area contributed by atoms with E-state index in [0.717, 1.165) is 24.0 Å². The molecule has 3 nitrogen and oxygen atoms in total. The summed E-state index contributed by atoms with van der Waals surface area (Å²) in [5.74, 6) is 6.25. The van der Waals surface area contributed by atoms with Crippen molar-refractivity contribution in [2.24, 2.45) is 5.92 Å². The Balaban J connectivity index is 2.73. The SMILES string of the molecule is CCC(CC)C(=O)N(C)Cc1cccc(C#CCCO)c1. The number of carbonyl (C=O) groups is 1. The van der Waals surface area contributed by atoms with Gasteiger partial charge in [0.15, 0.2) is 0 Å². The zero-order chi connectivity index (χ0) is 15.7. The molecule has 0 radical (unpaired) electrons. The second-order valence-corrected chi connectivity index (χ2v) is 5.18. The predicted molar refractivity (Wildman–Crippen MR) is 85.6 cm³/mol. The van der Waals surface area contributed by atoms with Crippen LogP contribution in [0.1, 0.15) is 44.2 Å². The number of hydrogen-bond donors (Lipinski definition) is 1. The Kier molecular flexibility index (Phi) is 7.56. The van der Waals surface area contributed by atoms with E-state index in [4.69, 9.17) is 5.11 Å². The first kappa shape index (κ1) is 17.3. The number of hydrogen-bond acceptors (Lipinski definition) is 2. The average Bonchev–Trinajstić information content (AvgIpc) is 2.49. The van der Waals surface area contributed by atoms with E-state index in [-0.39, 0.29) is 18.4 Å². The second kappa shape index (κ2) is 9.20. The van der Waals surface area contributed by atoms with Gasteiger partial charge in [0.1, 0.15) is 0 Å². The fourth-order valence-corrected chi connectivity index (χ4v) is 2.27. The summed E-state index contributed by atoms with van der Waals surface area (Å²) in [6, 6.07) is 7.90. The molecule has 0 unspecified atom stereocenters. The zero-order valence-electron chi connectivity index (χ0n) is 13.2. The highest BCUT2D eigenvalue weighted by Gasteiger charge is 2.18. The van der Waals surface area contributed by atoms with E-state index >= 15 is 0 Å². The van der Waals surface area contributed by atoms with Crippen LogP contribution in [0.15, 0.2) is 24.3 Å². The average molecular weight is 287 g/mol. The minimum atomic E-state index is 0.0827. The van der Waals surface area contributed by atoms with Crippen molar-refractivity contribution in [2.75, 3.05) is 13.7 Å². The Morgan fingerprint density at radius 1 is 1.33 bits per heavy atom. The molecule has 0 aliphatic rings. The molecule has 0 fully saturated rings. The Morgan fingerprint density at radius 3 is 2.67 bits per heavy atom. The number of rotatable bonds is 6. The van der Waals surface area contributed by atoms with Crippen LogP contribution in [0.2, 0.25) is 0 Å². The van der Waals surface area contributed by atoms with Gasteiger partial charge in [-0.2, -0.15) is 0 Å². The predicted octanol–water partition coefficient (Wildman–Crippen LogP) is 2.82. The van der Waals surface area contributed by atoms with Crippen molar-refractivity contribution >= 4 is 5.91 Å². The molecule has 0 bridgehead atoms. The highest BCUT2D eigenvalue weighted by molar-refractivity contribution is 5.78. The van der Waals surface area contributed by atoms with E-state index in [2.05, 4.69) is 25.7 Å². The largest absolute Gasteiger partial charge is 0.395 e. The Bertz CT molecular complexity index is 509. The molecular weight excluding hydrogens is 262 g/mol. The lowest BCUT2D eigenvalue weighted by Crippen LogP contribution is -2.32.